The molecule has 0 aliphatic carbocycles. The normalized spacial score (nSPS) is 11.0. The number of nitrogens with zero attached hydrogens (tertiary/aromatic N) is 2. The van der Waals surface area contributed by atoms with Crippen LogP contribution in [0.5, 0.6) is 0 Å². The van der Waals surface area contributed by atoms with E-state index < -0.39 is 0 Å². The van der Waals surface area contributed by atoms with Gasteiger partial charge in [-0.2, -0.15) is 0 Å². The van der Waals surface area contributed by atoms with E-state index in [1.807, 2.05) is 49.6 Å². The molecule has 26 heavy (non-hydrogen) atoms. The zero-order valence-electron chi connectivity index (χ0n) is 14.7. The van der Waals surface area contributed by atoms with Gasteiger partial charge >= 0.3 is 0 Å². The molecule has 1 N–H and O–H groups in total. The molecule has 1 aromatic carbocycles. The predicted molar refractivity (Wildman–Crippen MR) is 97.9 cm³/mol. The lowest BCUT2D eigenvalue weighted by Gasteiger charge is -2.04. The Balaban J connectivity index is 1.79. The first-order valence-corrected chi connectivity index (χ1v) is 9.16. The molecule has 0 saturated carbocycles. The summed E-state index contributed by atoms with van der Waals surface area (Å²) in [6, 6.07) is 9.81. The van der Waals surface area contributed by atoms with E-state index in [0.29, 0.717) is 11.7 Å². The van der Waals surface area contributed by atoms with Crippen LogP contribution in [-0.4, -0.2) is 10.2 Å². The molecule has 0 atom stereocenters. The van der Waals surface area contributed by atoms with E-state index in [9.17, 15) is 0 Å². The highest BCUT2D eigenvalue weighted by Gasteiger charge is 2.12. The van der Waals surface area contributed by atoms with Gasteiger partial charge in [-0.1, -0.05) is 30.5 Å². The highest BCUT2D eigenvalue weighted by atomic mass is 32.2. The van der Waals surface area contributed by atoms with Crippen LogP contribution in [0, 0.1) is 6.92 Å². The Bertz CT molecular complexity index is 849. The minimum Gasteiger partial charge on any atom is -0.436 e. The highest BCUT2D eigenvalue weighted by molar-refractivity contribution is 7.94. The maximum atomic E-state index is 8.33. The fourth-order valence-corrected chi connectivity index (χ4v) is 3.00. The molecular weight excluding hydrogens is 352 g/mol. The van der Waals surface area contributed by atoms with Gasteiger partial charge in [0.2, 0.25) is 5.89 Å². The van der Waals surface area contributed by atoms with Crippen LogP contribution in [0.2, 0.25) is 0 Å². The molecule has 136 valence electrons. The maximum absolute atomic E-state index is 8.33. The molecule has 2 aromatic heterocycles. The van der Waals surface area contributed by atoms with Gasteiger partial charge in [-0.25, -0.2) is 14.8 Å². The first-order valence-electron chi connectivity index (χ1n) is 8.42. The monoisotopic (exact) mass is 373 g/mol. The van der Waals surface area contributed by atoms with Crippen molar-refractivity contribution in [2.45, 2.75) is 38.1 Å². The molecule has 0 fully saturated rings. The topological polar surface area (TPSA) is 68.6 Å². The number of aromatic nitrogens is 2. The lowest BCUT2D eigenvalue weighted by Crippen LogP contribution is -2.32. The van der Waals surface area contributed by atoms with Crippen LogP contribution >= 0.6 is 12.0 Å². The summed E-state index contributed by atoms with van der Waals surface area (Å²) in [6.45, 7) is 5.13. The molecular formula is C19H21N2O4S+. The van der Waals surface area contributed by atoms with E-state index in [-0.39, 0.29) is 0 Å². The third kappa shape index (κ3) is 4.50. The SMILES string of the molecule is CCCC[n+]1ccc(-c2ncc(-c3ccc(C)c(SOOO)c3)o2)cc1. The van der Waals surface area contributed by atoms with Gasteiger partial charge in [0, 0.05) is 34.6 Å². The van der Waals surface area contributed by atoms with E-state index in [0.717, 1.165) is 46.6 Å². The first-order chi connectivity index (χ1) is 12.7. The average molecular weight is 373 g/mol. The summed E-state index contributed by atoms with van der Waals surface area (Å²) in [5, 5.41) is 12.0. The molecule has 0 aliphatic rings. The Morgan fingerprint density at radius 3 is 2.73 bits per heavy atom. The third-order valence-electron chi connectivity index (χ3n) is 4.04. The van der Waals surface area contributed by atoms with Crippen molar-refractivity contribution in [3.05, 3.63) is 54.5 Å². The smallest absolute Gasteiger partial charge is 0.227 e. The van der Waals surface area contributed by atoms with Crippen LogP contribution in [-0.2, 0) is 15.9 Å². The summed E-state index contributed by atoms with van der Waals surface area (Å²) in [4.78, 5) is 5.20. The second-order valence-corrected chi connectivity index (χ2v) is 6.66. The summed E-state index contributed by atoms with van der Waals surface area (Å²) in [7, 11) is 0. The van der Waals surface area contributed by atoms with Crippen LogP contribution in [0.3, 0.4) is 0 Å². The second kappa shape index (κ2) is 8.95. The van der Waals surface area contributed by atoms with Crippen LogP contribution in [0.15, 0.2) is 58.2 Å². The number of oxazole rings is 1. The number of pyridine rings is 1. The van der Waals surface area contributed by atoms with E-state index in [4.69, 9.17) is 9.67 Å². The van der Waals surface area contributed by atoms with Crippen molar-refractivity contribution in [3.8, 4) is 22.8 Å². The highest BCUT2D eigenvalue weighted by Crippen LogP contribution is 2.31. The van der Waals surface area contributed by atoms with E-state index in [1.54, 1.807) is 6.20 Å². The number of hydrogen-bond donors (Lipinski definition) is 1. The molecule has 2 heterocycles. The van der Waals surface area contributed by atoms with Gasteiger partial charge in [0.15, 0.2) is 18.2 Å². The van der Waals surface area contributed by atoms with E-state index in [1.165, 1.54) is 6.42 Å². The number of benzene rings is 1. The van der Waals surface area contributed by atoms with Crippen LogP contribution in [0.1, 0.15) is 25.3 Å². The van der Waals surface area contributed by atoms with Crippen molar-refractivity contribution in [1.82, 2.24) is 4.98 Å². The van der Waals surface area contributed by atoms with Gasteiger partial charge in [-0.05, 0) is 18.6 Å². The molecule has 6 nitrogen and oxygen atoms in total. The summed E-state index contributed by atoms with van der Waals surface area (Å²) < 4.78 is 12.6. The molecule has 0 saturated heterocycles. The summed E-state index contributed by atoms with van der Waals surface area (Å²) in [6.07, 6.45) is 8.12. The summed E-state index contributed by atoms with van der Waals surface area (Å²) in [5.41, 5.74) is 2.80. The number of unbranched alkanes of at least 4 members (excludes halogenated alkanes) is 1. The zero-order valence-corrected chi connectivity index (χ0v) is 15.5. The van der Waals surface area contributed by atoms with Crippen molar-refractivity contribution in [1.29, 1.82) is 0 Å². The molecule has 0 aliphatic heterocycles. The average Bonchev–Trinajstić information content (AvgIpc) is 3.16. The number of aryl methyl sites for hydroxylation is 2. The van der Waals surface area contributed by atoms with Gasteiger partial charge in [0.25, 0.3) is 0 Å². The fourth-order valence-electron chi connectivity index (χ4n) is 2.53. The molecule has 3 rings (SSSR count). The molecule has 0 amide bonds. The number of hydrogen-bond acceptors (Lipinski definition) is 6. The Morgan fingerprint density at radius 1 is 1.19 bits per heavy atom. The Morgan fingerprint density at radius 2 is 2.00 bits per heavy atom. The van der Waals surface area contributed by atoms with Crippen molar-refractivity contribution in [2.75, 3.05) is 0 Å². The summed E-state index contributed by atoms with van der Waals surface area (Å²) in [5.74, 6) is 1.24. The molecule has 0 radical (unpaired) electrons. The van der Waals surface area contributed by atoms with Crippen molar-refractivity contribution >= 4 is 12.0 Å². The minimum atomic E-state index is 0.576. The molecule has 7 heteroatoms. The Labute approximate surface area is 156 Å². The molecule has 0 bridgehead atoms. The minimum absolute atomic E-state index is 0.576. The van der Waals surface area contributed by atoms with Gasteiger partial charge in [-0.3, -0.25) is 0 Å². The van der Waals surface area contributed by atoms with E-state index in [2.05, 4.69) is 25.8 Å². The van der Waals surface area contributed by atoms with Crippen LogP contribution in [0.25, 0.3) is 22.8 Å². The van der Waals surface area contributed by atoms with E-state index >= 15 is 0 Å². The van der Waals surface area contributed by atoms with Crippen LogP contribution in [0.4, 0.5) is 0 Å². The van der Waals surface area contributed by atoms with Crippen molar-refractivity contribution < 1.29 is 23.6 Å². The Kier molecular flexibility index (Phi) is 6.40. The number of rotatable bonds is 8. The maximum Gasteiger partial charge on any atom is 0.227 e. The standard InChI is InChI=1S/C19H20N2O4S/c1-3-4-9-21-10-7-15(8-11-21)19-20-13-17(23-19)16-6-5-14(2)18(12-16)26-25-24-22/h5-8,10-13H,3-4,9H2,1-2H3/p+1. The molecule has 0 spiro atoms. The fraction of sp³-hybridized carbons (Fsp3) is 0.263. The van der Waals surface area contributed by atoms with Crippen molar-refractivity contribution in [2.24, 2.45) is 0 Å². The van der Waals surface area contributed by atoms with Gasteiger partial charge in [0.05, 0.1) is 18.2 Å². The quantitative estimate of drug-likeness (QED) is 0.264. The van der Waals surface area contributed by atoms with Crippen LogP contribution < -0.4 is 4.57 Å². The van der Waals surface area contributed by atoms with Crippen molar-refractivity contribution in [3.63, 3.8) is 0 Å². The molecule has 0 unspecified atom stereocenters. The van der Waals surface area contributed by atoms with Gasteiger partial charge in [0.1, 0.15) is 6.54 Å². The first kappa shape index (κ1) is 18.6. The van der Waals surface area contributed by atoms with Gasteiger partial charge < -0.3 is 4.42 Å². The second-order valence-electron chi connectivity index (χ2n) is 5.91. The largest absolute Gasteiger partial charge is 0.436 e. The summed E-state index contributed by atoms with van der Waals surface area (Å²) >= 11 is 0.930. The zero-order chi connectivity index (χ0) is 18.4. The molecule has 3 aromatic rings. The lowest BCUT2D eigenvalue weighted by atomic mass is 10.1. The predicted octanol–water partition coefficient (Wildman–Crippen LogP) is 4.83. The third-order valence-corrected chi connectivity index (χ3v) is 4.79. The lowest BCUT2D eigenvalue weighted by molar-refractivity contribution is -0.697. The van der Waals surface area contributed by atoms with Gasteiger partial charge in [-0.15, -0.1) is 4.33 Å². The Hall–Kier alpha value is -2.19.